The Labute approximate surface area is 118 Å². The van der Waals surface area contributed by atoms with Crippen molar-refractivity contribution < 1.29 is 8.42 Å². The average molecular weight is 294 g/mol. The van der Waals surface area contributed by atoms with Crippen molar-refractivity contribution in [3.05, 3.63) is 42.0 Å². The summed E-state index contributed by atoms with van der Waals surface area (Å²) >= 11 is 0. The van der Waals surface area contributed by atoms with Gasteiger partial charge in [0.25, 0.3) is 0 Å². The van der Waals surface area contributed by atoms with E-state index in [0.29, 0.717) is 5.82 Å². The largest absolute Gasteiger partial charge is 0.398 e. The zero-order valence-corrected chi connectivity index (χ0v) is 12.6. The molecule has 1 heterocycles. The van der Waals surface area contributed by atoms with Gasteiger partial charge in [-0.05, 0) is 24.6 Å². The maximum atomic E-state index is 12.5. The number of nitrogen functional groups attached to an aromatic ring is 1. The molecule has 0 aliphatic rings. The molecule has 0 aliphatic heterocycles. The van der Waals surface area contributed by atoms with Crippen LogP contribution in [0.4, 0.5) is 5.69 Å². The lowest BCUT2D eigenvalue weighted by atomic mass is 10.2. The summed E-state index contributed by atoms with van der Waals surface area (Å²) in [5.74, 6) is 0.668. The minimum absolute atomic E-state index is 0.125. The van der Waals surface area contributed by atoms with E-state index in [1.54, 1.807) is 29.1 Å². The van der Waals surface area contributed by atoms with Crippen LogP contribution in [-0.4, -0.2) is 29.3 Å². The molecule has 2 rings (SSSR count). The van der Waals surface area contributed by atoms with Crippen molar-refractivity contribution in [2.45, 2.75) is 18.4 Å². The van der Waals surface area contributed by atoms with Crippen LogP contribution in [0.3, 0.4) is 0 Å². The van der Waals surface area contributed by atoms with Gasteiger partial charge in [-0.1, -0.05) is 6.07 Å². The number of benzene rings is 1. The number of imidazole rings is 1. The Morgan fingerprint density at radius 2 is 2.10 bits per heavy atom. The van der Waals surface area contributed by atoms with Gasteiger partial charge >= 0.3 is 0 Å². The predicted molar refractivity (Wildman–Crippen MR) is 77.5 cm³/mol. The third kappa shape index (κ3) is 2.68. The molecule has 7 heteroatoms. The summed E-state index contributed by atoms with van der Waals surface area (Å²) in [6.07, 6.45) is 3.41. The Morgan fingerprint density at radius 1 is 1.40 bits per heavy atom. The first-order chi connectivity index (χ1) is 9.32. The molecule has 0 spiro atoms. The molecular formula is C13H18N4O2S. The van der Waals surface area contributed by atoms with Gasteiger partial charge in [0, 0.05) is 26.5 Å². The molecule has 6 nitrogen and oxygen atoms in total. The van der Waals surface area contributed by atoms with E-state index in [1.807, 2.05) is 14.0 Å². The number of rotatable bonds is 4. The molecule has 0 fully saturated rings. The number of aromatic nitrogens is 2. The van der Waals surface area contributed by atoms with Crippen molar-refractivity contribution in [3.8, 4) is 0 Å². The number of hydrogen-bond donors (Lipinski definition) is 1. The summed E-state index contributed by atoms with van der Waals surface area (Å²) in [5.41, 5.74) is 7.01. The van der Waals surface area contributed by atoms with Gasteiger partial charge in [-0.2, -0.15) is 4.31 Å². The quantitative estimate of drug-likeness (QED) is 0.857. The number of anilines is 1. The summed E-state index contributed by atoms with van der Waals surface area (Å²) in [4.78, 5) is 4.25. The van der Waals surface area contributed by atoms with E-state index in [-0.39, 0.29) is 17.1 Å². The molecule has 0 atom stereocenters. The lowest BCUT2D eigenvalue weighted by Crippen LogP contribution is -2.28. The van der Waals surface area contributed by atoms with E-state index in [0.717, 1.165) is 5.56 Å². The van der Waals surface area contributed by atoms with Crippen molar-refractivity contribution in [1.82, 2.24) is 13.9 Å². The third-order valence-corrected chi connectivity index (χ3v) is 5.02. The van der Waals surface area contributed by atoms with Crippen molar-refractivity contribution in [3.63, 3.8) is 0 Å². The van der Waals surface area contributed by atoms with Gasteiger partial charge in [0.05, 0.1) is 12.2 Å². The van der Waals surface area contributed by atoms with Gasteiger partial charge in [-0.15, -0.1) is 0 Å². The molecule has 0 aliphatic carbocycles. The Balaban J connectivity index is 2.32. The van der Waals surface area contributed by atoms with Crippen molar-refractivity contribution >= 4 is 15.7 Å². The molecular weight excluding hydrogens is 276 g/mol. The normalized spacial score (nSPS) is 12.0. The second-order valence-electron chi connectivity index (χ2n) is 4.76. The first-order valence-electron chi connectivity index (χ1n) is 6.11. The molecule has 0 bridgehead atoms. The van der Waals surface area contributed by atoms with E-state index in [1.165, 1.54) is 17.4 Å². The van der Waals surface area contributed by atoms with Gasteiger partial charge < -0.3 is 10.3 Å². The molecule has 1 aromatic heterocycles. The minimum Gasteiger partial charge on any atom is -0.398 e. The number of nitrogens with two attached hydrogens (primary N) is 1. The van der Waals surface area contributed by atoms with E-state index in [2.05, 4.69) is 4.98 Å². The summed E-state index contributed by atoms with van der Waals surface area (Å²) < 4.78 is 28.1. The van der Waals surface area contributed by atoms with Gasteiger partial charge in [0.2, 0.25) is 10.0 Å². The van der Waals surface area contributed by atoms with E-state index in [9.17, 15) is 8.42 Å². The standard InChI is InChI=1S/C13H18N4O2S/c1-10-4-5-12(11(14)8-10)20(18,19)17(3)9-13-15-6-7-16(13)2/h4-8H,9,14H2,1-3H3. The monoisotopic (exact) mass is 294 g/mol. The highest BCUT2D eigenvalue weighted by atomic mass is 32.2. The molecule has 2 aromatic rings. The zero-order chi connectivity index (χ0) is 14.9. The number of aryl methyl sites for hydroxylation is 2. The van der Waals surface area contributed by atoms with Gasteiger partial charge in [-0.3, -0.25) is 0 Å². The van der Waals surface area contributed by atoms with Crippen LogP contribution < -0.4 is 5.73 Å². The van der Waals surface area contributed by atoms with Crippen molar-refractivity contribution in [2.75, 3.05) is 12.8 Å². The van der Waals surface area contributed by atoms with Gasteiger partial charge in [-0.25, -0.2) is 13.4 Å². The maximum absolute atomic E-state index is 12.5. The summed E-state index contributed by atoms with van der Waals surface area (Å²) in [7, 11) is -0.285. The summed E-state index contributed by atoms with van der Waals surface area (Å²) in [6, 6.07) is 4.92. The van der Waals surface area contributed by atoms with Crippen LogP contribution in [0.2, 0.25) is 0 Å². The van der Waals surface area contributed by atoms with Crippen molar-refractivity contribution in [1.29, 1.82) is 0 Å². The summed E-state index contributed by atoms with van der Waals surface area (Å²) in [6.45, 7) is 2.06. The highest BCUT2D eigenvalue weighted by Gasteiger charge is 2.24. The maximum Gasteiger partial charge on any atom is 0.245 e. The van der Waals surface area contributed by atoms with Crippen LogP contribution in [0.25, 0.3) is 0 Å². The van der Waals surface area contributed by atoms with Crippen LogP contribution in [0.1, 0.15) is 11.4 Å². The SMILES string of the molecule is Cc1ccc(S(=O)(=O)N(C)Cc2nccn2C)c(N)c1. The summed E-state index contributed by atoms with van der Waals surface area (Å²) in [5, 5.41) is 0. The highest BCUT2D eigenvalue weighted by Crippen LogP contribution is 2.23. The molecule has 108 valence electrons. The lowest BCUT2D eigenvalue weighted by molar-refractivity contribution is 0.451. The molecule has 20 heavy (non-hydrogen) atoms. The molecule has 0 radical (unpaired) electrons. The van der Waals surface area contributed by atoms with E-state index in [4.69, 9.17) is 5.73 Å². The fraction of sp³-hybridized carbons (Fsp3) is 0.308. The molecule has 2 N–H and O–H groups in total. The van der Waals surface area contributed by atoms with E-state index < -0.39 is 10.0 Å². The third-order valence-electron chi connectivity index (χ3n) is 3.14. The Morgan fingerprint density at radius 3 is 2.65 bits per heavy atom. The molecule has 0 saturated carbocycles. The van der Waals surface area contributed by atoms with Crippen LogP contribution in [0.15, 0.2) is 35.5 Å². The molecule has 0 amide bonds. The fourth-order valence-electron chi connectivity index (χ4n) is 1.90. The lowest BCUT2D eigenvalue weighted by Gasteiger charge is -2.18. The first-order valence-corrected chi connectivity index (χ1v) is 7.55. The predicted octanol–water partition coefficient (Wildman–Crippen LogP) is 1.13. The molecule has 1 aromatic carbocycles. The zero-order valence-electron chi connectivity index (χ0n) is 11.7. The Kier molecular flexibility index (Phi) is 3.82. The average Bonchev–Trinajstić information content (AvgIpc) is 2.74. The smallest absolute Gasteiger partial charge is 0.245 e. The van der Waals surface area contributed by atoms with Crippen LogP contribution in [0, 0.1) is 6.92 Å². The van der Waals surface area contributed by atoms with Crippen molar-refractivity contribution in [2.24, 2.45) is 7.05 Å². The van der Waals surface area contributed by atoms with E-state index >= 15 is 0 Å². The number of sulfonamides is 1. The highest BCUT2D eigenvalue weighted by molar-refractivity contribution is 7.89. The number of hydrogen-bond acceptors (Lipinski definition) is 4. The number of nitrogens with zero attached hydrogens (tertiary/aromatic N) is 3. The fourth-order valence-corrected chi connectivity index (χ4v) is 3.12. The second-order valence-corrected chi connectivity index (χ2v) is 6.77. The first kappa shape index (κ1) is 14.5. The molecule has 0 unspecified atom stereocenters. The Hall–Kier alpha value is -1.86. The van der Waals surface area contributed by atoms with Crippen LogP contribution in [-0.2, 0) is 23.6 Å². The van der Waals surface area contributed by atoms with Crippen LogP contribution in [0.5, 0.6) is 0 Å². The topological polar surface area (TPSA) is 81.2 Å². The second kappa shape index (κ2) is 5.26. The van der Waals surface area contributed by atoms with Gasteiger partial charge in [0.15, 0.2) is 0 Å². The van der Waals surface area contributed by atoms with Gasteiger partial charge in [0.1, 0.15) is 10.7 Å². The minimum atomic E-state index is -3.62. The molecule has 0 saturated heterocycles. The Bertz CT molecular complexity index is 722. The van der Waals surface area contributed by atoms with Crippen LogP contribution >= 0.6 is 0 Å².